The Morgan fingerprint density at radius 2 is 1.96 bits per heavy atom. The highest BCUT2D eigenvalue weighted by Crippen LogP contribution is 2.35. The zero-order chi connectivity index (χ0) is 17.4. The smallest absolute Gasteiger partial charge is 0.345 e. The number of hydrogen-bond donors (Lipinski definition) is 2. The van der Waals surface area contributed by atoms with Crippen molar-refractivity contribution in [1.29, 1.82) is 0 Å². The molecule has 2 N–H and O–H groups in total. The Morgan fingerprint density at radius 1 is 1.20 bits per heavy atom. The van der Waals surface area contributed by atoms with Gasteiger partial charge in [-0.15, -0.1) is 0 Å². The summed E-state index contributed by atoms with van der Waals surface area (Å²) in [4.78, 5) is 26.1. The molecule has 1 aliphatic rings. The van der Waals surface area contributed by atoms with Crippen LogP contribution in [0.15, 0.2) is 57.8 Å². The van der Waals surface area contributed by atoms with Gasteiger partial charge in [0.1, 0.15) is 0 Å². The van der Waals surface area contributed by atoms with Crippen LogP contribution < -0.4 is 11.1 Å². The highest BCUT2D eigenvalue weighted by atomic mass is 16.5. The summed E-state index contributed by atoms with van der Waals surface area (Å²) in [7, 11) is 0. The highest BCUT2D eigenvalue weighted by Gasteiger charge is 2.30. The standard InChI is InChI=1S/C19H17N3O3/c1-11-10-14-4-2-3-5-15(14)16(11)20-18(23)13-8-6-12(7-9-13)17-21-19(24)25-22-17/h2-9,11,16H,10H2,1H3,(H,20,23)(H,21,22,24)/t11-,16-/m1/s1. The van der Waals surface area contributed by atoms with Crippen LogP contribution in [0.5, 0.6) is 0 Å². The Kier molecular flexibility index (Phi) is 3.72. The van der Waals surface area contributed by atoms with E-state index in [0.717, 1.165) is 6.42 Å². The fraction of sp³-hybridized carbons (Fsp3) is 0.211. The Balaban J connectivity index is 1.53. The van der Waals surface area contributed by atoms with E-state index in [4.69, 9.17) is 0 Å². The molecular weight excluding hydrogens is 318 g/mol. The monoisotopic (exact) mass is 335 g/mol. The molecule has 25 heavy (non-hydrogen) atoms. The van der Waals surface area contributed by atoms with Crippen LogP contribution in [0.1, 0.15) is 34.5 Å². The number of nitrogens with zero attached hydrogens (tertiary/aromatic N) is 1. The van der Waals surface area contributed by atoms with Gasteiger partial charge in [-0.3, -0.25) is 14.3 Å². The number of aromatic amines is 1. The number of H-pyrrole nitrogens is 1. The van der Waals surface area contributed by atoms with E-state index in [-0.39, 0.29) is 11.9 Å². The van der Waals surface area contributed by atoms with E-state index >= 15 is 0 Å². The predicted octanol–water partition coefficient (Wildman–Crippen LogP) is 2.69. The van der Waals surface area contributed by atoms with Gasteiger partial charge in [-0.2, -0.15) is 0 Å². The molecule has 0 aliphatic heterocycles. The van der Waals surface area contributed by atoms with E-state index in [2.05, 4.69) is 39.0 Å². The van der Waals surface area contributed by atoms with Gasteiger partial charge in [0.25, 0.3) is 5.91 Å². The van der Waals surface area contributed by atoms with E-state index in [1.54, 1.807) is 24.3 Å². The number of amides is 1. The lowest BCUT2D eigenvalue weighted by molar-refractivity contribution is 0.0927. The van der Waals surface area contributed by atoms with Crippen molar-refractivity contribution in [2.45, 2.75) is 19.4 Å². The molecule has 0 saturated heterocycles. The predicted molar refractivity (Wildman–Crippen MR) is 92.1 cm³/mol. The molecule has 6 heteroatoms. The van der Waals surface area contributed by atoms with Gasteiger partial charge in [0.05, 0.1) is 6.04 Å². The second kappa shape index (κ2) is 6.05. The molecule has 1 heterocycles. The molecule has 2 aromatic carbocycles. The number of fused-ring (bicyclic) bond motifs is 1. The summed E-state index contributed by atoms with van der Waals surface area (Å²) in [5.41, 5.74) is 3.74. The molecule has 0 spiro atoms. The van der Waals surface area contributed by atoms with Crippen molar-refractivity contribution in [3.63, 3.8) is 0 Å². The minimum Gasteiger partial charge on any atom is -0.345 e. The molecule has 0 fully saturated rings. The van der Waals surface area contributed by atoms with Gasteiger partial charge in [-0.1, -0.05) is 48.5 Å². The van der Waals surface area contributed by atoms with Crippen molar-refractivity contribution in [3.8, 4) is 11.4 Å². The Labute approximate surface area is 143 Å². The minimum absolute atomic E-state index is 0.0234. The highest BCUT2D eigenvalue weighted by molar-refractivity contribution is 5.95. The van der Waals surface area contributed by atoms with Crippen molar-refractivity contribution < 1.29 is 9.32 Å². The molecule has 0 unspecified atom stereocenters. The number of nitrogens with one attached hydrogen (secondary N) is 2. The Morgan fingerprint density at radius 3 is 2.68 bits per heavy atom. The zero-order valence-corrected chi connectivity index (χ0v) is 13.7. The number of rotatable bonds is 3. The first-order chi connectivity index (χ1) is 12.1. The van der Waals surface area contributed by atoms with Gasteiger partial charge in [0.2, 0.25) is 0 Å². The summed E-state index contributed by atoms with van der Waals surface area (Å²) in [6.45, 7) is 2.15. The van der Waals surface area contributed by atoms with E-state index in [1.165, 1.54) is 11.1 Å². The second-order valence-electron chi connectivity index (χ2n) is 6.35. The summed E-state index contributed by atoms with van der Waals surface area (Å²) in [5.74, 6) is -0.0180. The molecule has 1 aliphatic carbocycles. The fourth-order valence-electron chi connectivity index (χ4n) is 3.37. The van der Waals surface area contributed by atoms with Crippen molar-refractivity contribution in [3.05, 3.63) is 75.8 Å². The third-order valence-corrected chi connectivity index (χ3v) is 4.65. The van der Waals surface area contributed by atoms with Crippen LogP contribution in [-0.4, -0.2) is 16.0 Å². The van der Waals surface area contributed by atoms with Gasteiger partial charge in [0.15, 0.2) is 5.82 Å². The van der Waals surface area contributed by atoms with E-state index in [9.17, 15) is 9.59 Å². The van der Waals surface area contributed by atoms with Crippen molar-refractivity contribution in [1.82, 2.24) is 15.5 Å². The number of carbonyl (C=O) groups excluding carboxylic acids is 1. The summed E-state index contributed by atoms with van der Waals surface area (Å²) in [6, 6.07) is 15.1. The van der Waals surface area contributed by atoms with Gasteiger partial charge in [0, 0.05) is 11.1 Å². The quantitative estimate of drug-likeness (QED) is 0.770. The summed E-state index contributed by atoms with van der Waals surface area (Å²) in [5, 5.41) is 6.77. The SMILES string of the molecule is C[C@@H]1Cc2ccccc2[C@@H]1NC(=O)c1ccc(-c2noc(=O)[nH]2)cc1. The first-order valence-corrected chi connectivity index (χ1v) is 8.17. The van der Waals surface area contributed by atoms with Crippen LogP contribution in [0.3, 0.4) is 0 Å². The third-order valence-electron chi connectivity index (χ3n) is 4.65. The molecule has 2 atom stereocenters. The van der Waals surface area contributed by atoms with Gasteiger partial charge >= 0.3 is 5.76 Å². The molecule has 0 bridgehead atoms. The molecule has 3 aromatic rings. The lowest BCUT2D eigenvalue weighted by Gasteiger charge is -2.19. The summed E-state index contributed by atoms with van der Waals surface area (Å²) >= 11 is 0. The van der Waals surface area contributed by atoms with E-state index in [0.29, 0.717) is 22.9 Å². The lowest BCUT2D eigenvalue weighted by atomic mass is 10.0. The molecule has 6 nitrogen and oxygen atoms in total. The normalized spacial score (nSPS) is 18.8. The maximum absolute atomic E-state index is 12.6. The largest absolute Gasteiger partial charge is 0.439 e. The van der Waals surface area contributed by atoms with Gasteiger partial charge in [-0.25, -0.2) is 4.79 Å². The van der Waals surface area contributed by atoms with Gasteiger partial charge in [-0.05, 0) is 35.6 Å². The molecular formula is C19H17N3O3. The maximum Gasteiger partial charge on any atom is 0.439 e. The first-order valence-electron chi connectivity index (χ1n) is 8.17. The van der Waals surface area contributed by atoms with Crippen LogP contribution in [0.4, 0.5) is 0 Å². The minimum atomic E-state index is -0.606. The number of hydrogen-bond acceptors (Lipinski definition) is 4. The van der Waals surface area contributed by atoms with Crippen molar-refractivity contribution in [2.24, 2.45) is 5.92 Å². The van der Waals surface area contributed by atoms with Crippen LogP contribution in [0, 0.1) is 5.92 Å². The molecule has 1 aromatic heterocycles. The molecule has 0 saturated carbocycles. The average molecular weight is 335 g/mol. The number of benzene rings is 2. The van der Waals surface area contributed by atoms with Crippen molar-refractivity contribution in [2.75, 3.05) is 0 Å². The number of carbonyl (C=O) groups is 1. The average Bonchev–Trinajstić information content (AvgIpc) is 3.19. The number of aromatic nitrogens is 2. The molecule has 126 valence electrons. The molecule has 4 rings (SSSR count). The third kappa shape index (κ3) is 2.87. The molecule has 0 radical (unpaired) electrons. The Hall–Kier alpha value is -3.15. The van der Waals surface area contributed by atoms with Crippen LogP contribution in [-0.2, 0) is 6.42 Å². The van der Waals surface area contributed by atoms with Crippen LogP contribution in [0.2, 0.25) is 0 Å². The first kappa shape index (κ1) is 15.4. The van der Waals surface area contributed by atoms with Crippen LogP contribution in [0.25, 0.3) is 11.4 Å². The van der Waals surface area contributed by atoms with Crippen LogP contribution >= 0.6 is 0 Å². The summed E-state index contributed by atoms with van der Waals surface area (Å²) in [6.07, 6.45) is 0.972. The van der Waals surface area contributed by atoms with E-state index in [1.807, 2.05) is 12.1 Å². The maximum atomic E-state index is 12.6. The summed E-state index contributed by atoms with van der Waals surface area (Å²) < 4.78 is 4.49. The molecule has 1 amide bonds. The lowest BCUT2D eigenvalue weighted by Crippen LogP contribution is -2.30. The topological polar surface area (TPSA) is 88.0 Å². The van der Waals surface area contributed by atoms with E-state index < -0.39 is 5.76 Å². The Bertz CT molecular complexity index is 972. The fourth-order valence-corrected chi connectivity index (χ4v) is 3.37. The second-order valence-corrected chi connectivity index (χ2v) is 6.35. The van der Waals surface area contributed by atoms with Gasteiger partial charge < -0.3 is 5.32 Å². The van der Waals surface area contributed by atoms with Crippen molar-refractivity contribution >= 4 is 5.91 Å². The zero-order valence-electron chi connectivity index (χ0n) is 13.7.